The third kappa shape index (κ3) is 6.97. The van der Waals surface area contributed by atoms with E-state index in [1.165, 1.54) is 7.11 Å². The fourth-order valence-electron chi connectivity index (χ4n) is 3.35. The molecule has 10 nitrogen and oxygen atoms in total. The quantitative estimate of drug-likeness (QED) is 0.319. The molecular weight excluding hydrogens is 525 g/mol. The predicted molar refractivity (Wildman–Crippen MR) is 132 cm³/mol. The summed E-state index contributed by atoms with van der Waals surface area (Å²) in [6, 6.07) is 8.07. The lowest BCUT2D eigenvalue weighted by atomic mass is 10.1. The van der Waals surface area contributed by atoms with Crippen LogP contribution in [0, 0.1) is 6.92 Å². The number of hydrogen-bond acceptors (Lipinski definition) is 6. The van der Waals surface area contributed by atoms with Gasteiger partial charge in [-0.3, -0.25) is 0 Å². The number of hydrogen-bond donors (Lipinski definition) is 2. The molecule has 0 spiro atoms. The number of ether oxygens (including phenoxy) is 2. The van der Waals surface area contributed by atoms with Crippen LogP contribution in [-0.2, 0) is 24.9 Å². The number of halogens is 1. The van der Waals surface area contributed by atoms with E-state index in [4.69, 9.17) is 14.5 Å². The molecule has 0 saturated carbocycles. The van der Waals surface area contributed by atoms with Crippen LogP contribution in [-0.4, -0.2) is 65.1 Å². The molecule has 2 heterocycles. The Morgan fingerprint density at radius 3 is 2.44 bits per heavy atom. The Bertz CT molecular complexity index is 893. The van der Waals surface area contributed by atoms with Crippen molar-refractivity contribution in [2.75, 3.05) is 27.3 Å². The first-order valence-electron chi connectivity index (χ1n) is 10.4. The van der Waals surface area contributed by atoms with Gasteiger partial charge in [-0.15, -0.1) is 34.2 Å². The highest BCUT2D eigenvalue weighted by Gasteiger charge is 2.23. The third-order valence-corrected chi connectivity index (χ3v) is 5.44. The van der Waals surface area contributed by atoms with E-state index in [1.54, 1.807) is 12.0 Å². The second kappa shape index (κ2) is 12.5. The third-order valence-electron chi connectivity index (χ3n) is 5.44. The van der Waals surface area contributed by atoms with Crippen LogP contribution in [0.5, 0.6) is 5.75 Å². The molecule has 1 aliphatic heterocycles. The predicted octanol–water partition coefficient (Wildman–Crippen LogP) is 2.22. The Balaban J connectivity index is 0.00000363. The van der Waals surface area contributed by atoms with Gasteiger partial charge in [-0.25, -0.2) is 9.79 Å². The molecule has 1 saturated heterocycles. The van der Waals surface area contributed by atoms with Crippen LogP contribution < -0.4 is 15.4 Å². The molecule has 3 rings (SSSR count). The van der Waals surface area contributed by atoms with Gasteiger partial charge in [0, 0.05) is 26.2 Å². The van der Waals surface area contributed by atoms with E-state index in [0.29, 0.717) is 32.1 Å². The number of rotatable bonds is 6. The molecular formula is C21H32IN7O3. The van der Waals surface area contributed by atoms with Crippen molar-refractivity contribution in [1.82, 2.24) is 30.3 Å². The number of aromatic nitrogens is 3. The van der Waals surface area contributed by atoms with Crippen LogP contribution in [0.3, 0.4) is 0 Å². The van der Waals surface area contributed by atoms with Crippen molar-refractivity contribution >= 4 is 36.0 Å². The van der Waals surface area contributed by atoms with Crippen molar-refractivity contribution in [3.05, 3.63) is 41.5 Å². The molecule has 2 N–H and O–H groups in total. The van der Waals surface area contributed by atoms with E-state index in [2.05, 4.69) is 20.8 Å². The largest absolute Gasteiger partial charge is 0.497 e. The van der Waals surface area contributed by atoms with E-state index in [9.17, 15) is 4.79 Å². The lowest BCUT2D eigenvalue weighted by molar-refractivity contribution is 0.111. The van der Waals surface area contributed by atoms with Gasteiger partial charge in [-0.2, -0.15) is 0 Å². The minimum absolute atomic E-state index is 0. The SMILES string of the molecule is COC(=O)N1CCC(NC(=NCc2ccc(OC)cc2)NCc2nnc(C)n2C)CC1.I. The molecule has 1 aromatic heterocycles. The highest BCUT2D eigenvalue weighted by molar-refractivity contribution is 14.0. The molecule has 176 valence electrons. The standard InChI is InChI=1S/C21H31N7O3.HI/c1-15-25-26-19(27(15)2)14-23-20(22-13-16-5-7-18(30-3)8-6-16)24-17-9-11-28(12-10-17)21(29)31-4;/h5-8,17H,9-14H2,1-4H3,(H2,22,23,24);1H. The molecule has 2 aromatic rings. The summed E-state index contributed by atoms with van der Waals surface area (Å²) in [5.74, 6) is 3.21. The fraction of sp³-hybridized carbons (Fsp3) is 0.524. The van der Waals surface area contributed by atoms with Crippen LogP contribution >= 0.6 is 24.0 Å². The van der Waals surface area contributed by atoms with Crippen molar-refractivity contribution in [2.45, 2.75) is 38.9 Å². The number of benzene rings is 1. The molecule has 32 heavy (non-hydrogen) atoms. The van der Waals surface area contributed by atoms with Crippen LogP contribution in [0.2, 0.25) is 0 Å². The van der Waals surface area contributed by atoms with Gasteiger partial charge in [0.1, 0.15) is 11.6 Å². The summed E-state index contributed by atoms with van der Waals surface area (Å²) < 4.78 is 12.0. The molecule has 1 aliphatic rings. The maximum absolute atomic E-state index is 11.7. The molecule has 0 radical (unpaired) electrons. The monoisotopic (exact) mass is 557 g/mol. The van der Waals surface area contributed by atoms with E-state index < -0.39 is 0 Å². The summed E-state index contributed by atoms with van der Waals surface area (Å²) >= 11 is 0. The van der Waals surface area contributed by atoms with Gasteiger partial charge in [0.15, 0.2) is 11.8 Å². The van der Waals surface area contributed by atoms with Gasteiger partial charge in [0.05, 0.1) is 27.3 Å². The summed E-state index contributed by atoms with van der Waals surface area (Å²) in [4.78, 5) is 18.2. The molecule has 0 unspecified atom stereocenters. The van der Waals surface area contributed by atoms with Gasteiger partial charge >= 0.3 is 6.09 Å². The number of methoxy groups -OCH3 is 2. The summed E-state index contributed by atoms with van der Waals surface area (Å²) in [5.41, 5.74) is 1.08. The summed E-state index contributed by atoms with van der Waals surface area (Å²) in [6.45, 7) is 4.25. The highest BCUT2D eigenvalue weighted by Crippen LogP contribution is 2.13. The number of aliphatic imine (C=N–C) groups is 1. The van der Waals surface area contributed by atoms with Gasteiger partial charge in [0.2, 0.25) is 0 Å². The lowest BCUT2D eigenvalue weighted by Gasteiger charge is -2.32. The molecule has 0 bridgehead atoms. The minimum atomic E-state index is -0.275. The number of carbonyl (C=O) groups is 1. The Morgan fingerprint density at radius 1 is 1.19 bits per heavy atom. The van der Waals surface area contributed by atoms with Crippen LogP contribution in [0.4, 0.5) is 4.79 Å². The van der Waals surface area contributed by atoms with Crippen molar-refractivity contribution in [2.24, 2.45) is 12.0 Å². The highest BCUT2D eigenvalue weighted by atomic mass is 127. The first-order chi connectivity index (χ1) is 15.0. The first kappa shape index (κ1) is 25.7. The number of guanidine groups is 1. The van der Waals surface area contributed by atoms with E-state index in [0.717, 1.165) is 35.8 Å². The number of carbonyl (C=O) groups excluding carboxylic acids is 1. The Hall–Kier alpha value is -2.57. The normalized spacial score (nSPS) is 14.5. The van der Waals surface area contributed by atoms with Crippen LogP contribution in [0.25, 0.3) is 0 Å². The fourth-order valence-corrected chi connectivity index (χ4v) is 3.35. The summed E-state index contributed by atoms with van der Waals surface area (Å²) in [6.07, 6.45) is 1.37. The Kier molecular flexibility index (Phi) is 10.0. The molecule has 1 fully saturated rings. The molecule has 11 heteroatoms. The van der Waals surface area contributed by atoms with E-state index in [-0.39, 0.29) is 36.1 Å². The van der Waals surface area contributed by atoms with E-state index >= 15 is 0 Å². The number of likely N-dealkylation sites (tertiary alicyclic amines) is 1. The first-order valence-corrected chi connectivity index (χ1v) is 10.4. The zero-order valence-corrected chi connectivity index (χ0v) is 21.3. The lowest BCUT2D eigenvalue weighted by Crippen LogP contribution is -2.49. The number of piperidine rings is 1. The molecule has 0 atom stereocenters. The van der Waals surface area contributed by atoms with Gasteiger partial charge in [0.25, 0.3) is 0 Å². The van der Waals surface area contributed by atoms with Gasteiger partial charge in [-0.1, -0.05) is 12.1 Å². The van der Waals surface area contributed by atoms with Crippen molar-refractivity contribution < 1.29 is 14.3 Å². The average molecular weight is 557 g/mol. The smallest absolute Gasteiger partial charge is 0.409 e. The van der Waals surface area contributed by atoms with Crippen LogP contribution in [0.15, 0.2) is 29.3 Å². The number of nitrogens with one attached hydrogen (secondary N) is 2. The van der Waals surface area contributed by atoms with Crippen molar-refractivity contribution in [1.29, 1.82) is 0 Å². The van der Waals surface area contributed by atoms with Gasteiger partial charge in [-0.05, 0) is 37.5 Å². The maximum atomic E-state index is 11.7. The zero-order chi connectivity index (χ0) is 22.2. The summed E-state index contributed by atoms with van der Waals surface area (Å²) in [5, 5.41) is 15.2. The second-order valence-electron chi connectivity index (χ2n) is 7.46. The second-order valence-corrected chi connectivity index (χ2v) is 7.46. The summed E-state index contributed by atoms with van der Waals surface area (Å²) in [7, 11) is 5.00. The Morgan fingerprint density at radius 2 is 1.88 bits per heavy atom. The number of nitrogens with zero attached hydrogens (tertiary/aromatic N) is 5. The van der Waals surface area contributed by atoms with E-state index in [1.807, 2.05) is 42.8 Å². The number of aryl methyl sites for hydroxylation is 1. The minimum Gasteiger partial charge on any atom is -0.497 e. The van der Waals surface area contributed by atoms with Gasteiger partial charge < -0.3 is 29.6 Å². The molecule has 1 aromatic carbocycles. The molecule has 0 aliphatic carbocycles. The van der Waals surface area contributed by atoms with Crippen molar-refractivity contribution in [3.63, 3.8) is 0 Å². The van der Waals surface area contributed by atoms with Crippen LogP contribution in [0.1, 0.15) is 30.1 Å². The maximum Gasteiger partial charge on any atom is 0.409 e. The zero-order valence-electron chi connectivity index (χ0n) is 19.0. The average Bonchev–Trinajstić information content (AvgIpc) is 3.13. The topological polar surface area (TPSA) is 106 Å². The number of amides is 1. The Labute approximate surface area is 205 Å². The molecule has 1 amide bonds. The van der Waals surface area contributed by atoms with Crippen molar-refractivity contribution in [3.8, 4) is 5.75 Å².